The summed E-state index contributed by atoms with van der Waals surface area (Å²) in [5, 5.41) is 4.07. The number of aromatic nitrogens is 2. The van der Waals surface area contributed by atoms with Crippen LogP contribution in [0.4, 0.5) is 4.79 Å². The molecule has 0 atom stereocenters. The van der Waals surface area contributed by atoms with E-state index in [-0.39, 0.29) is 18.8 Å². The molecule has 0 bridgehead atoms. The van der Waals surface area contributed by atoms with Gasteiger partial charge in [0.25, 0.3) is 5.89 Å². The first-order chi connectivity index (χ1) is 15.3. The van der Waals surface area contributed by atoms with Crippen molar-refractivity contribution in [1.29, 1.82) is 0 Å². The Labute approximate surface area is 195 Å². The lowest BCUT2D eigenvalue weighted by Crippen LogP contribution is -2.43. The molecule has 1 aliphatic rings. The topological polar surface area (TPSA) is 77.7 Å². The highest BCUT2D eigenvalue weighted by molar-refractivity contribution is 7.98. The molecule has 1 aliphatic heterocycles. The Bertz CT molecular complexity index is 884. The normalized spacial score (nSPS) is 14.5. The van der Waals surface area contributed by atoms with Crippen LogP contribution in [0.5, 0.6) is 0 Å². The van der Waals surface area contributed by atoms with E-state index in [4.69, 9.17) is 14.0 Å². The second-order valence-corrected chi connectivity index (χ2v) is 9.00. The van der Waals surface area contributed by atoms with Gasteiger partial charge in [0.15, 0.2) is 0 Å². The van der Waals surface area contributed by atoms with E-state index in [2.05, 4.69) is 16.7 Å². The molecule has 0 aliphatic carbocycles. The molecule has 1 aromatic heterocycles. The lowest BCUT2D eigenvalue weighted by atomic mass is 10.1. The van der Waals surface area contributed by atoms with Crippen molar-refractivity contribution in [2.45, 2.75) is 70.7 Å². The van der Waals surface area contributed by atoms with Crippen LogP contribution in [-0.4, -0.2) is 52.2 Å². The number of ether oxygens (including phenoxy) is 2. The molecule has 0 saturated carbocycles. The molecule has 8 heteroatoms. The number of hydrogen-bond donors (Lipinski definition) is 0. The van der Waals surface area contributed by atoms with Gasteiger partial charge in [-0.05, 0) is 63.6 Å². The molecule has 2 heterocycles. The number of carbonyl (C=O) groups is 1. The van der Waals surface area contributed by atoms with Crippen LogP contribution in [0.25, 0.3) is 17.5 Å². The van der Waals surface area contributed by atoms with Gasteiger partial charge in [-0.2, -0.15) is 4.98 Å². The predicted molar refractivity (Wildman–Crippen MR) is 129 cm³/mol. The molecule has 1 fully saturated rings. The molecule has 32 heavy (non-hydrogen) atoms. The largest absolute Gasteiger partial charge is 0.444 e. The van der Waals surface area contributed by atoms with Crippen molar-refractivity contribution in [2.24, 2.45) is 0 Å². The summed E-state index contributed by atoms with van der Waals surface area (Å²) in [5.74, 6) is 0.970. The van der Waals surface area contributed by atoms with Crippen molar-refractivity contribution in [1.82, 2.24) is 15.0 Å². The third-order valence-electron chi connectivity index (χ3n) is 4.71. The average molecular weight is 462 g/mol. The summed E-state index contributed by atoms with van der Waals surface area (Å²) in [6, 6.07) is 6.00. The van der Waals surface area contributed by atoms with Crippen LogP contribution < -0.4 is 0 Å². The Morgan fingerprint density at radius 1 is 1.31 bits per heavy atom. The van der Waals surface area contributed by atoms with Crippen molar-refractivity contribution in [3.8, 4) is 11.4 Å². The molecule has 3 rings (SSSR count). The lowest BCUT2D eigenvalue weighted by molar-refractivity contribution is -0.0231. The smallest absolute Gasteiger partial charge is 0.410 e. The van der Waals surface area contributed by atoms with Crippen LogP contribution >= 0.6 is 11.8 Å². The number of thioether (sulfide) groups is 1. The third kappa shape index (κ3) is 7.38. The number of likely N-dealkylation sites (tertiary alicyclic amines) is 1. The summed E-state index contributed by atoms with van der Waals surface area (Å²) < 4.78 is 16.7. The Hall–Kier alpha value is -2.32. The maximum atomic E-state index is 12.1. The maximum Gasteiger partial charge on any atom is 0.410 e. The van der Waals surface area contributed by atoms with E-state index in [1.165, 1.54) is 0 Å². The van der Waals surface area contributed by atoms with Gasteiger partial charge >= 0.3 is 6.09 Å². The van der Waals surface area contributed by atoms with E-state index in [1.807, 2.05) is 65.1 Å². The van der Waals surface area contributed by atoms with Gasteiger partial charge in [0, 0.05) is 23.5 Å². The summed E-state index contributed by atoms with van der Waals surface area (Å²) in [5.41, 5.74) is 1.44. The standard InChI is InChI=1S/C22H29N3O4S.C2H6/c1-6-15-13-16(7-8-18(15)30-5)20-23-19(29-24-20)14-27-17-9-11-25(12-10-17)21(26)28-22(2,3)4;1-2/h6-8,13,17H,1,9-12,14H2,2-5H3;1-2H3. The highest BCUT2D eigenvalue weighted by Gasteiger charge is 2.27. The van der Waals surface area contributed by atoms with E-state index in [0.29, 0.717) is 24.8 Å². The average Bonchev–Trinajstić information content (AvgIpc) is 3.27. The highest BCUT2D eigenvalue weighted by atomic mass is 32.2. The molecule has 0 N–H and O–H groups in total. The molecule has 2 aromatic rings. The number of piperidine rings is 1. The zero-order chi connectivity index (χ0) is 23.7. The van der Waals surface area contributed by atoms with Crippen molar-refractivity contribution in [2.75, 3.05) is 19.3 Å². The molecule has 1 aromatic carbocycles. The first-order valence-corrected chi connectivity index (χ1v) is 12.2. The van der Waals surface area contributed by atoms with Gasteiger partial charge < -0.3 is 18.9 Å². The van der Waals surface area contributed by atoms with Gasteiger partial charge in [-0.25, -0.2) is 4.79 Å². The molecule has 0 spiro atoms. The predicted octanol–water partition coefficient (Wildman–Crippen LogP) is 6.04. The summed E-state index contributed by atoms with van der Waals surface area (Å²) in [4.78, 5) is 19.5. The molecule has 7 nitrogen and oxygen atoms in total. The first-order valence-electron chi connectivity index (χ1n) is 11.0. The van der Waals surface area contributed by atoms with E-state index >= 15 is 0 Å². The third-order valence-corrected chi connectivity index (χ3v) is 5.52. The highest BCUT2D eigenvalue weighted by Crippen LogP contribution is 2.27. The Morgan fingerprint density at radius 3 is 2.59 bits per heavy atom. The van der Waals surface area contributed by atoms with Crippen LogP contribution in [0, 0.1) is 0 Å². The second-order valence-electron chi connectivity index (χ2n) is 8.15. The summed E-state index contributed by atoms with van der Waals surface area (Å²) in [6.07, 6.45) is 5.13. The van der Waals surface area contributed by atoms with E-state index in [0.717, 1.165) is 28.9 Å². The zero-order valence-corrected chi connectivity index (χ0v) is 20.8. The van der Waals surface area contributed by atoms with Crippen molar-refractivity contribution in [3.05, 3.63) is 36.2 Å². The first kappa shape index (κ1) is 25.9. The molecule has 0 unspecified atom stereocenters. The van der Waals surface area contributed by atoms with Gasteiger partial charge in [0.2, 0.25) is 5.82 Å². The van der Waals surface area contributed by atoms with E-state index in [1.54, 1.807) is 16.7 Å². The van der Waals surface area contributed by atoms with Crippen LogP contribution in [0.3, 0.4) is 0 Å². The minimum atomic E-state index is -0.484. The fourth-order valence-corrected chi connectivity index (χ4v) is 3.77. The number of amides is 1. The van der Waals surface area contributed by atoms with Crippen LogP contribution in [0.2, 0.25) is 0 Å². The molecule has 1 saturated heterocycles. The molecular formula is C24H35N3O4S. The fourth-order valence-electron chi connectivity index (χ4n) is 3.18. The van der Waals surface area contributed by atoms with Gasteiger partial charge in [-0.15, -0.1) is 11.8 Å². The van der Waals surface area contributed by atoms with E-state index < -0.39 is 5.60 Å². The van der Waals surface area contributed by atoms with E-state index in [9.17, 15) is 4.79 Å². The number of hydrogen-bond acceptors (Lipinski definition) is 7. The number of benzene rings is 1. The van der Waals surface area contributed by atoms with Gasteiger partial charge in [0.05, 0.1) is 6.10 Å². The number of carbonyl (C=O) groups excluding carboxylic acids is 1. The van der Waals surface area contributed by atoms with Crippen LogP contribution in [-0.2, 0) is 16.1 Å². The molecule has 1 amide bonds. The van der Waals surface area contributed by atoms with Gasteiger partial charge in [-0.3, -0.25) is 0 Å². The van der Waals surface area contributed by atoms with Crippen molar-refractivity contribution in [3.63, 3.8) is 0 Å². The molecule has 176 valence electrons. The Kier molecular flexibility index (Phi) is 9.78. The zero-order valence-electron chi connectivity index (χ0n) is 20.0. The Balaban J connectivity index is 0.00000176. The quantitative estimate of drug-likeness (QED) is 0.485. The summed E-state index contributed by atoms with van der Waals surface area (Å²) in [6.45, 7) is 14.9. The van der Waals surface area contributed by atoms with Crippen molar-refractivity contribution >= 4 is 23.9 Å². The van der Waals surface area contributed by atoms with Crippen LogP contribution in [0.1, 0.15) is 58.9 Å². The maximum absolute atomic E-state index is 12.1. The number of rotatable bonds is 6. The van der Waals surface area contributed by atoms with Crippen LogP contribution in [0.15, 0.2) is 34.2 Å². The monoisotopic (exact) mass is 461 g/mol. The lowest BCUT2D eigenvalue weighted by Gasteiger charge is -2.33. The fraction of sp³-hybridized carbons (Fsp3) is 0.542. The SMILES string of the molecule is C=Cc1cc(-c2noc(COC3CCN(C(=O)OC(C)(C)C)CC3)n2)ccc1SC.CC. The van der Waals surface area contributed by atoms with Crippen molar-refractivity contribution < 1.29 is 18.8 Å². The van der Waals surface area contributed by atoms with Gasteiger partial charge in [-0.1, -0.05) is 31.7 Å². The summed E-state index contributed by atoms with van der Waals surface area (Å²) >= 11 is 1.67. The van der Waals surface area contributed by atoms with Gasteiger partial charge in [0.1, 0.15) is 12.2 Å². The Morgan fingerprint density at radius 2 is 2.00 bits per heavy atom. The molecular weight excluding hydrogens is 426 g/mol. The summed E-state index contributed by atoms with van der Waals surface area (Å²) in [7, 11) is 0. The minimum Gasteiger partial charge on any atom is -0.444 e. The minimum absolute atomic E-state index is 0.0484. The molecule has 0 radical (unpaired) electrons. The number of nitrogens with zero attached hydrogens (tertiary/aromatic N) is 3. The second kappa shape index (κ2) is 12.1.